The van der Waals surface area contributed by atoms with E-state index in [-0.39, 0.29) is 0 Å². The van der Waals surface area contributed by atoms with Crippen LogP contribution in [-0.4, -0.2) is 16.2 Å². The van der Waals surface area contributed by atoms with Crippen LogP contribution in [0.1, 0.15) is 24.0 Å². The molecule has 0 aliphatic carbocycles. The van der Waals surface area contributed by atoms with E-state index in [0.29, 0.717) is 11.1 Å². The zero-order valence-electron chi connectivity index (χ0n) is 14.0. The van der Waals surface area contributed by atoms with Gasteiger partial charge in [-0.3, -0.25) is 4.79 Å². The van der Waals surface area contributed by atoms with E-state index in [9.17, 15) is 15.0 Å². The van der Waals surface area contributed by atoms with Gasteiger partial charge in [0.2, 0.25) is 0 Å². The van der Waals surface area contributed by atoms with Crippen LogP contribution in [0.4, 0.5) is 0 Å². The molecule has 0 bridgehead atoms. The Balaban J connectivity index is 1.97. The Morgan fingerprint density at radius 3 is 1.80 bits per heavy atom. The molecule has 0 amide bonds. The number of hydrogen-bond donors (Lipinski definition) is 2. The van der Waals surface area contributed by atoms with E-state index in [0.717, 1.165) is 11.1 Å². The smallest absolute Gasteiger partial charge is 0.314 e. The lowest BCUT2D eigenvalue weighted by Crippen LogP contribution is -2.35. The topological polar surface area (TPSA) is 57.5 Å². The Bertz CT molecular complexity index is 837. The number of benzene rings is 3. The van der Waals surface area contributed by atoms with Crippen molar-refractivity contribution in [1.82, 2.24) is 0 Å². The highest BCUT2D eigenvalue weighted by molar-refractivity contribution is 5.78. The van der Waals surface area contributed by atoms with Crippen LogP contribution in [0.15, 0.2) is 84.9 Å². The van der Waals surface area contributed by atoms with Gasteiger partial charge in [0, 0.05) is 0 Å². The van der Waals surface area contributed by atoms with E-state index in [1.165, 1.54) is 0 Å². The molecular formula is C22H20O3. The Morgan fingerprint density at radius 1 is 0.800 bits per heavy atom. The van der Waals surface area contributed by atoms with E-state index in [1.54, 1.807) is 43.3 Å². The van der Waals surface area contributed by atoms with Gasteiger partial charge in [-0.05, 0) is 29.2 Å². The highest BCUT2D eigenvalue weighted by atomic mass is 16.4. The van der Waals surface area contributed by atoms with Gasteiger partial charge in [0.25, 0.3) is 0 Å². The summed E-state index contributed by atoms with van der Waals surface area (Å²) in [6.07, 6.45) is 0. The summed E-state index contributed by atoms with van der Waals surface area (Å²) in [6, 6.07) is 26.1. The van der Waals surface area contributed by atoms with Crippen molar-refractivity contribution in [3.63, 3.8) is 0 Å². The molecule has 3 nitrogen and oxygen atoms in total. The van der Waals surface area contributed by atoms with Crippen molar-refractivity contribution >= 4 is 5.97 Å². The molecule has 0 saturated heterocycles. The van der Waals surface area contributed by atoms with Gasteiger partial charge >= 0.3 is 5.97 Å². The van der Waals surface area contributed by atoms with Crippen molar-refractivity contribution in [3.05, 3.63) is 96.1 Å². The maximum atomic E-state index is 11.8. The first kappa shape index (κ1) is 16.9. The van der Waals surface area contributed by atoms with Crippen molar-refractivity contribution in [1.29, 1.82) is 0 Å². The molecule has 0 aromatic heterocycles. The summed E-state index contributed by atoms with van der Waals surface area (Å²) in [5, 5.41) is 20.7. The molecule has 0 saturated carbocycles. The second-order valence-electron chi connectivity index (χ2n) is 6.27. The minimum absolute atomic E-state index is 0.573. The maximum Gasteiger partial charge on any atom is 0.314 e. The van der Waals surface area contributed by atoms with Crippen molar-refractivity contribution in [2.24, 2.45) is 0 Å². The lowest BCUT2D eigenvalue weighted by Gasteiger charge is -2.31. The average Bonchev–Trinajstić information content (AvgIpc) is 2.63. The summed E-state index contributed by atoms with van der Waals surface area (Å²) >= 11 is 0. The minimum atomic E-state index is -1.53. The zero-order valence-corrected chi connectivity index (χ0v) is 14.0. The number of carboxylic acid groups (broad SMARTS) is 1. The molecule has 3 heteroatoms. The zero-order chi connectivity index (χ0) is 17.9. The van der Waals surface area contributed by atoms with E-state index in [2.05, 4.69) is 0 Å². The quantitative estimate of drug-likeness (QED) is 0.727. The summed E-state index contributed by atoms with van der Waals surface area (Å²) in [7, 11) is 0. The van der Waals surface area contributed by atoms with Gasteiger partial charge in [-0.15, -0.1) is 0 Å². The molecule has 3 aromatic rings. The van der Waals surface area contributed by atoms with Crippen LogP contribution < -0.4 is 0 Å². The van der Waals surface area contributed by atoms with E-state index >= 15 is 0 Å². The van der Waals surface area contributed by atoms with Gasteiger partial charge in [-0.25, -0.2) is 0 Å². The van der Waals surface area contributed by atoms with Crippen LogP contribution in [0.5, 0.6) is 0 Å². The van der Waals surface area contributed by atoms with Gasteiger partial charge < -0.3 is 10.2 Å². The molecule has 25 heavy (non-hydrogen) atoms. The van der Waals surface area contributed by atoms with Crippen LogP contribution in [-0.2, 0) is 10.4 Å². The first-order valence-corrected chi connectivity index (χ1v) is 8.16. The van der Waals surface area contributed by atoms with Crippen LogP contribution in [0.3, 0.4) is 0 Å². The number of aliphatic carboxylic acids is 1. The monoisotopic (exact) mass is 332 g/mol. The van der Waals surface area contributed by atoms with Gasteiger partial charge in [-0.2, -0.15) is 0 Å². The molecule has 3 aromatic carbocycles. The molecule has 0 fully saturated rings. The van der Waals surface area contributed by atoms with Crippen LogP contribution in [0, 0.1) is 0 Å². The fourth-order valence-electron chi connectivity index (χ4n) is 3.15. The predicted octanol–water partition coefficient (Wildman–Crippen LogP) is 4.43. The highest BCUT2D eigenvalue weighted by Gasteiger charge is 2.40. The molecule has 126 valence electrons. The number of hydrogen-bond acceptors (Lipinski definition) is 2. The third kappa shape index (κ3) is 3.47. The normalized spacial score (nSPS) is 14.5. The standard InChI is InChI=1S/C22H20O3/c1-22(25,20(21(23)24)18-10-6-3-7-11-18)19-14-12-17(13-15-19)16-8-4-2-5-9-16/h2-15,20,25H,1H3,(H,23,24). The maximum absolute atomic E-state index is 11.8. The van der Waals surface area contributed by atoms with E-state index < -0.39 is 17.5 Å². The Kier molecular flexibility index (Phi) is 4.68. The molecule has 0 aliphatic rings. The lowest BCUT2D eigenvalue weighted by molar-refractivity contribution is -0.145. The number of rotatable bonds is 5. The number of carboxylic acids is 1. The minimum Gasteiger partial charge on any atom is -0.481 e. The molecule has 0 radical (unpaired) electrons. The second-order valence-corrected chi connectivity index (χ2v) is 6.27. The molecule has 0 heterocycles. The highest BCUT2D eigenvalue weighted by Crippen LogP contribution is 2.37. The van der Waals surface area contributed by atoms with Crippen LogP contribution >= 0.6 is 0 Å². The molecule has 0 spiro atoms. The number of aliphatic hydroxyl groups is 1. The first-order valence-electron chi connectivity index (χ1n) is 8.16. The third-order valence-electron chi connectivity index (χ3n) is 4.52. The van der Waals surface area contributed by atoms with Crippen molar-refractivity contribution in [3.8, 4) is 11.1 Å². The molecule has 2 atom stereocenters. The number of carbonyl (C=O) groups is 1. The molecule has 2 unspecified atom stereocenters. The molecule has 2 N–H and O–H groups in total. The Labute approximate surface area is 147 Å². The average molecular weight is 332 g/mol. The fourth-order valence-corrected chi connectivity index (χ4v) is 3.15. The molecular weight excluding hydrogens is 312 g/mol. The first-order chi connectivity index (χ1) is 12.0. The summed E-state index contributed by atoms with van der Waals surface area (Å²) in [6.45, 7) is 1.55. The van der Waals surface area contributed by atoms with Gasteiger partial charge in [0.05, 0.1) is 0 Å². The largest absolute Gasteiger partial charge is 0.481 e. The van der Waals surface area contributed by atoms with E-state index in [4.69, 9.17) is 0 Å². The summed E-state index contributed by atoms with van der Waals surface area (Å²) < 4.78 is 0. The third-order valence-corrected chi connectivity index (χ3v) is 4.52. The van der Waals surface area contributed by atoms with Crippen LogP contribution in [0.2, 0.25) is 0 Å². The van der Waals surface area contributed by atoms with Gasteiger partial charge in [0.15, 0.2) is 0 Å². The SMILES string of the molecule is CC(O)(c1ccc(-c2ccccc2)cc1)C(C(=O)O)c1ccccc1. The lowest BCUT2D eigenvalue weighted by atomic mass is 9.78. The summed E-state index contributed by atoms with van der Waals surface area (Å²) in [4.78, 5) is 11.8. The Hall–Kier alpha value is -2.91. The molecule has 3 rings (SSSR count). The fraction of sp³-hybridized carbons (Fsp3) is 0.136. The summed E-state index contributed by atoms with van der Waals surface area (Å²) in [5.74, 6) is -2.10. The van der Waals surface area contributed by atoms with Crippen molar-refractivity contribution < 1.29 is 15.0 Å². The Morgan fingerprint density at radius 2 is 1.28 bits per heavy atom. The predicted molar refractivity (Wildman–Crippen MR) is 98.3 cm³/mol. The second kappa shape index (κ2) is 6.91. The van der Waals surface area contributed by atoms with Crippen LogP contribution in [0.25, 0.3) is 11.1 Å². The van der Waals surface area contributed by atoms with E-state index in [1.807, 2.05) is 48.5 Å². The van der Waals surface area contributed by atoms with Crippen molar-refractivity contribution in [2.45, 2.75) is 18.4 Å². The van der Waals surface area contributed by atoms with Crippen molar-refractivity contribution in [2.75, 3.05) is 0 Å². The summed E-state index contributed by atoms with van der Waals surface area (Å²) in [5.41, 5.74) is 1.72. The molecule has 0 aliphatic heterocycles. The van der Waals surface area contributed by atoms with Gasteiger partial charge in [-0.1, -0.05) is 84.9 Å². The van der Waals surface area contributed by atoms with Gasteiger partial charge in [0.1, 0.15) is 11.5 Å².